The Morgan fingerprint density at radius 1 is 1.27 bits per heavy atom. The molecule has 1 saturated heterocycles. The summed E-state index contributed by atoms with van der Waals surface area (Å²) < 4.78 is 43.2. The highest BCUT2D eigenvalue weighted by atomic mass is 19.1. The van der Waals surface area contributed by atoms with E-state index in [2.05, 4.69) is 10.3 Å². The average molecular weight is 517 g/mol. The zero-order valence-corrected chi connectivity index (χ0v) is 21.2. The quantitative estimate of drug-likeness (QED) is 0.518. The number of nitrogens with one attached hydrogen (secondary N) is 1. The number of fused-ring (bicyclic) bond motifs is 1. The smallest absolute Gasteiger partial charge is 0.409 e. The largest absolute Gasteiger partial charge is 0.453 e. The first-order valence-electron chi connectivity index (χ1n) is 11.9. The molecule has 0 saturated carbocycles. The number of ether oxygens (including phenoxy) is 2. The fourth-order valence-corrected chi connectivity index (χ4v) is 4.42. The molecule has 1 atom stereocenters. The second kappa shape index (κ2) is 10.4. The average Bonchev–Trinajstić information content (AvgIpc) is 3.13. The van der Waals surface area contributed by atoms with E-state index in [4.69, 9.17) is 9.47 Å². The molecule has 11 heteroatoms. The molecular formula is C26H30F2N4O5. The molecule has 2 amide bonds. The van der Waals surface area contributed by atoms with Gasteiger partial charge in [0.2, 0.25) is 5.91 Å². The van der Waals surface area contributed by atoms with Crippen LogP contribution in [-0.4, -0.2) is 69.9 Å². The lowest BCUT2D eigenvalue weighted by Gasteiger charge is -2.32. The maximum atomic E-state index is 15.4. The summed E-state index contributed by atoms with van der Waals surface area (Å²) in [6.45, 7) is 5.74. The van der Waals surface area contributed by atoms with E-state index >= 15 is 8.78 Å². The van der Waals surface area contributed by atoms with Crippen molar-refractivity contribution < 1.29 is 33.0 Å². The van der Waals surface area contributed by atoms with Crippen LogP contribution in [-0.2, 0) is 20.7 Å². The number of benzene rings is 1. The fraction of sp³-hybridized carbons (Fsp3) is 0.423. The van der Waals surface area contributed by atoms with E-state index in [1.807, 2.05) is 13.0 Å². The first-order chi connectivity index (χ1) is 17.4. The van der Waals surface area contributed by atoms with Gasteiger partial charge in [0, 0.05) is 24.8 Å². The molecule has 198 valence electrons. The molecular weight excluding hydrogens is 486 g/mol. The number of methoxy groups -OCH3 is 1. The minimum absolute atomic E-state index is 0.0708. The Hall–Kier alpha value is -3.57. The van der Waals surface area contributed by atoms with Crippen LogP contribution in [0.15, 0.2) is 30.5 Å². The van der Waals surface area contributed by atoms with E-state index in [1.165, 1.54) is 25.9 Å². The molecule has 1 aliphatic rings. The van der Waals surface area contributed by atoms with E-state index in [0.717, 1.165) is 17.7 Å². The summed E-state index contributed by atoms with van der Waals surface area (Å²) in [5.74, 6) is -2.38. The van der Waals surface area contributed by atoms with Gasteiger partial charge >= 0.3 is 6.09 Å². The van der Waals surface area contributed by atoms with Gasteiger partial charge in [-0.3, -0.25) is 4.79 Å². The van der Waals surface area contributed by atoms with Crippen LogP contribution in [0.2, 0.25) is 0 Å². The third-order valence-electron chi connectivity index (χ3n) is 6.03. The SMILES string of the molecule is COC(=O)N1CCOC(Cc2c(-c3c(F)cc(NC(=O)CC(C)(C)O)cc3F)nc3cc(C)ccn23)C1. The molecule has 2 N–H and O–H groups in total. The van der Waals surface area contributed by atoms with Gasteiger partial charge in [0.25, 0.3) is 0 Å². The van der Waals surface area contributed by atoms with Crippen LogP contribution in [0.25, 0.3) is 16.9 Å². The van der Waals surface area contributed by atoms with Gasteiger partial charge in [-0.15, -0.1) is 0 Å². The summed E-state index contributed by atoms with van der Waals surface area (Å²) in [6, 6.07) is 5.71. The Morgan fingerprint density at radius 3 is 2.62 bits per heavy atom. The second-order valence-electron chi connectivity index (χ2n) is 9.80. The third kappa shape index (κ3) is 6.05. The van der Waals surface area contributed by atoms with Crippen LogP contribution in [0, 0.1) is 18.6 Å². The summed E-state index contributed by atoms with van der Waals surface area (Å²) in [7, 11) is 1.31. The molecule has 1 unspecified atom stereocenters. The number of halogens is 2. The molecule has 0 radical (unpaired) electrons. The standard InChI is InChI=1S/C26H30F2N4O5/c1-15-5-6-32-20(12-17-14-31(7-8-37-17)25(34)36-4)24(30-21(32)9-15)23-18(27)10-16(11-19(23)28)29-22(33)13-26(2,3)35/h5-6,9-11,17,35H,7-8,12-14H2,1-4H3,(H,29,33). The van der Waals surface area contributed by atoms with E-state index in [1.54, 1.807) is 16.7 Å². The molecule has 1 aliphatic heterocycles. The van der Waals surface area contributed by atoms with Gasteiger partial charge in [0.1, 0.15) is 17.3 Å². The van der Waals surface area contributed by atoms with Gasteiger partial charge in [-0.05, 0) is 50.6 Å². The van der Waals surface area contributed by atoms with Gasteiger partial charge in [0.05, 0.1) is 55.3 Å². The molecule has 0 bridgehead atoms. The van der Waals surface area contributed by atoms with Crippen molar-refractivity contribution in [1.82, 2.24) is 14.3 Å². The normalized spacial score (nSPS) is 16.2. The molecule has 3 aromatic rings. The summed E-state index contributed by atoms with van der Waals surface area (Å²) in [5, 5.41) is 12.2. The lowest BCUT2D eigenvalue weighted by molar-refractivity contribution is -0.119. The van der Waals surface area contributed by atoms with Crippen molar-refractivity contribution in [3.05, 3.63) is 53.4 Å². The maximum Gasteiger partial charge on any atom is 0.409 e. The van der Waals surface area contributed by atoms with Crippen molar-refractivity contribution in [2.24, 2.45) is 0 Å². The van der Waals surface area contributed by atoms with Gasteiger partial charge in [-0.25, -0.2) is 18.6 Å². The van der Waals surface area contributed by atoms with Crippen molar-refractivity contribution in [3.8, 4) is 11.3 Å². The first-order valence-corrected chi connectivity index (χ1v) is 11.9. The van der Waals surface area contributed by atoms with E-state index in [-0.39, 0.29) is 36.3 Å². The second-order valence-corrected chi connectivity index (χ2v) is 9.80. The maximum absolute atomic E-state index is 15.4. The molecule has 9 nitrogen and oxygen atoms in total. The summed E-state index contributed by atoms with van der Waals surface area (Å²) >= 11 is 0. The molecule has 0 spiro atoms. The van der Waals surface area contributed by atoms with Crippen LogP contribution in [0.4, 0.5) is 19.3 Å². The van der Waals surface area contributed by atoms with Crippen molar-refractivity contribution in [1.29, 1.82) is 0 Å². The minimum atomic E-state index is -1.27. The molecule has 2 aromatic heterocycles. The number of imidazole rings is 1. The number of amides is 2. The van der Waals surface area contributed by atoms with E-state index < -0.39 is 35.3 Å². The Kier molecular flexibility index (Phi) is 7.47. The number of carbonyl (C=O) groups excluding carboxylic acids is 2. The van der Waals surface area contributed by atoms with Gasteiger partial charge in [-0.2, -0.15) is 0 Å². The minimum Gasteiger partial charge on any atom is -0.453 e. The number of carbonyl (C=O) groups is 2. The number of aromatic nitrogens is 2. The van der Waals surface area contributed by atoms with Crippen molar-refractivity contribution in [2.75, 3.05) is 32.1 Å². The van der Waals surface area contributed by atoms with Crippen LogP contribution >= 0.6 is 0 Å². The Morgan fingerprint density at radius 2 is 1.97 bits per heavy atom. The molecule has 1 aromatic carbocycles. The van der Waals surface area contributed by atoms with Gasteiger partial charge < -0.3 is 29.2 Å². The predicted molar refractivity (Wildman–Crippen MR) is 132 cm³/mol. The first kappa shape index (κ1) is 26.5. The highest BCUT2D eigenvalue weighted by Crippen LogP contribution is 2.33. The molecule has 0 aliphatic carbocycles. The number of anilines is 1. The van der Waals surface area contributed by atoms with Crippen LogP contribution in [0.3, 0.4) is 0 Å². The lowest BCUT2D eigenvalue weighted by atomic mass is 10.0. The topological polar surface area (TPSA) is 105 Å². The molecule has 37 heavy (non-hydrogen) atoms. The number of rotatable bonds is 6. The Labute approximate surface area is 213 Å². The van der Waals surface area contributed by atoms with Crippen LogP contribution < -0.4 is 5.32 Å². The highest BCUT2D eigenvalue weighted by Gasteiger charge is 2.29. The van der Waals surface area contributed by atoms with E-state index in [0.29, 0.717) is 24.5 Å². The Balaban J connectivity index is 1.71. The molecule has 4 rings (SSSR count). The Bertz CT molecular complexity index is 1310. The van der Waals surface area contributed by atoms with Gasteiger partial charge in [0.15, 0.2) is 0 Å². The number of hydrogen-bond acceptors (Lipinski definition) is 6. The van der Waals surface area contributed by atoms with Crippen molar-refractivity contribution in [3.63, 3.8) is 0 Å². The number of aryl methyl sites for hydroxylation is 1. The summed E-state index contributed by atoms with van der Waals surface area (Å²) in [5.41, 5.74) is 0.377. The number of hydrogen-bond donors (Lipinski definition) is 2. The summed E-state index contributed by atoms with van der Waals surface area (Å²) in [6.07, 6.45) is 0.854. The van der Waals surface area contributed by atoms with E-state index in [9.17, 15) is 14.7 Å². The third-order valence-corrected chi connectivity index (χ3v) is 6.03. The zero-order valence-electron chi connectivity index (χ0n) is 21.2. The monoisotopic (exact) mass is 516 g/mol. The summed E-state index contributed by atoms with van der Waals surface area (Å²) in [4.78, 5) is 30.2. The van der Waals surface area contributed by atoms with Gasteiger partial charge in [-0.1, -0.05) is 0 Å². The number of aliphatic hydroxyl groups is 1. The number of morpholine rings is 1. The number of nitrogens with zero attached hydrogens (tertiary/aromatic N) is 3. The van der Waals surface area contributed by atoms with Crippen molar-refractivity contribution >= 4 is 23.3 Å². The molecule has 1 fully saturated rings. The van der Waals surface area contributed by atoms with Crippen LogP contribution in [0.5, 0.6) is 0 Å². The number of pyridine rings is 1. The van der Waals surface area contributed by atoms with Crippen LogP contribution in [0.1, 0.15) is 31.5 Å². The zero-order chi connectivity index (χ0) is 26.9. The lowest BCUT2D eigenvalue weighted by Crippen LogP contribution is -2.46. The highest BCUT2D eigenvalue weighted by molar-refractivity contribution is 5.91. The predicted octanol–water partition coefficient (Wildman–Crippen LogP) is 3.70. The fourth-order valence-electron chi connectivity index (χ4n) is 4.42. The van der Waals surface area contributed by atoms with Crippen molar-refractivity contribution in [2.45, 2.75) is 45.3 Å². The molecule has 3 heterocycles.